The first-order valence-corrected chi connectivity index (χ1v) is 37.9. The highest BCUT2D eigenvalue weighted by atomic mass is 16.2. The molecule has 1 saturated carbocycles. The molecule has 9 heterocycles. The number of nitrogens with one attached hydrogen (secondary N) is 3. The van der Waals surface area contributed by atoms with E-state index in [2.05, 4.69) is 60.4 Å². The Labute approximate surface area is 667 Å². The fraction of sp³-hybridized carbons (Fsp3) is 0.185. The molecule has 0 unspecified atom stereocenters. The van der Waals surface area contributed by atoms with E-state index in [1.54, 1.807) is 88.2 Å². The summed E-state index contributed by atoms with van der Waals surface area (Å²) in [6.07, 6.45) is 12.2. The number of hydrogen-bond donors (Lipinski definition) is 3. The van der Waals surface area contributed by atoms with Crippen LogP contribution in [-0.4, -0.2) is 57.3 Å². The minimum absolute atomic E-state index is 0.0292. The normalized spacial score (nSPS) is 12.4. The van der Waals surface area contributed by atoms with Crippen LogP contribution < -0.4 is 49.3 Å². The Morgan fingerprint density at radius 2 is 0.759 bits per heavy atom. The number of rotatable bonds is 18. The van der Waals surface area contributed by atoms with Crippen molar-refractivity contribution in [2.75, 3.05) is 16.0 Å². The maximum atomic E-state index is 14.4. The Morgan fingerprint density at radius 1 is 0.414 bits per heavy atom. The first kappa shape index (κ1) is 77.6. The van der Waals surface area contributed by atoms with Gasteiger partial charge in [0, 0.05) is 109 Å². The van der Waals surface area contributed by atoms with Gasteiger partial charge in [0.25, 0.3) is 33.4 Å². The van der Waals surface area contributed by atoms with Crippen molar-refractivity contribution in [3.8, 4) is 50.4 Å². The molecule has 1 aliphatic rings. The van der Waals surface area contributed by atoms with E-state index in [4.69, 9.17) is 19.7 Å². The third kappa shape index (κ3) is 16.1. The number of para-hydroxylation sites is 3. The van der Waals surface area contributed by atoms with Crippen molar-refractivity contribution in [3.05, 3.63) is 368 Å². The van der Waals surface area contributed by atoms with E-state index in [9.17, 15) is 28.8 Å². The number of anilines is 3. The molecule has 3 N–H and O–H groups in total. The van der Waals surface area contributed by atoms with Crippen LogP contribution in [0.2, 0.25) is 0 Å². The summed E-state index contributed by atoms with van der Waals surface area (Å²) in [4.78, 5) is 116. The van der Waals surface area contributed by atoms with Gasteiger partial charge < -0.3 is 29.7 Å². The summed E-state index contributed by atoms with van der Waals surface area (Å²) < 4.78 is 10.0. The van der Waals surface area contributed by atoms with Crippen molar-refractivity contribution in [2.45, 2.75) is 99.4 Å². The lowest BCUT2D eigenvalue weighted by Gasteiger charge is -2.22. The van der Waals surface area contributed by atoms with Gasteiger partial charge in [0.05, 0.1) is 54.0 Å². The van der Waals surface area contributed by atoms with Gasteiger partial charge in [0.15, 0.2) is 0 Å². The van der Waals surface area contributed by atoms with Crippen molar-refractivity contribution in [1.29, 1.82) is 0 Å². The lowest BCUT2D eigenvalue weighted by atomic mass is 9.98. The van der Waals surface area contributed by atoms with Crippen molar-refractivity contribution in [3.63, 3.8) is 0 Å². The largest absolute Gasteiger partial charge is 0.371 e. The first-order chi connectivity index (χ1) is 56.1. The summed E-state index contributed by atoms with van der Waals surface area (Å²) in [5, 5.41) is 14.0. The Hall–Kier alpha value is -15.1. The van der Waals surface area contributed by atoms with Crippen LogP contribution >= 0.6 is 0 Å². The molecule has 9 aromatic heterocycles. The SMILES string of the molecule is [C-]#[N+]c1cnc(C)nc1N[C@@H](C)c1cc2cccc(-c3cc(C)c(=O)n(C)c3)c2c(=O)n1-c1ccccc1.[C-]#[N+]c1cnc(C)nc1N[C@@H](C)c1cc2cccc(-c3ccc(=O)n(CC)c3)c2c(=O)n1-c1ccccc1.[C-]#[N+]c1cnc(C)nc1N[C@@H](C)c1cc2cccc(-c3ccc(=O)n(CC4CC4)c3)c2c(=O)n1-c1ccccc1. The highest BCUT2D eigenvalue weighted by molar-refractivity contribution is 5.99. The van der Waals surface area contributed by atoms with Crippen LogP contribution in [-0.2, 0) is 20.1 Å². The van der Waals surface area contributed by atoms with Crippen LogP contribution in [0.5, 0.6) is 0 Å². The standard InChI is InChI=1S/C32H28N6O2.2C30H26N6O2/c1-20(35-31-27(33-3)17-34-21(2)36-31)28-16-23-8-7-11-26(24-14-15-29(39)37(19-24)18-22-12-13-22)30(23)32(40)38(28)25-9-5-4-6-10-25;1-18-14-22(17-35(5)29(18)37)24-13-9-10-21-15-26(19(2)33-28-25(31-4)16-32-20(3)34-28)36(30(38)27(21)24)23-11-7-6-8-12-23;1-5-35-18-22(14-15-27(35)37)24-13-9-10-21-16-26(19(2)33-29-25(31-4)17-32-20(3)34-29)36(30(38)28(21)24)23-11-7-6-8-12-23/h4-11,14-17,19-20,22H,12-13,18H2,1-2H3,(H,34,35,36);6-17,19H,1-3,5H3,(H,32,33,34);6-19H,5H2,1-3H3,(H,32,33,34)/t20-;2*19-/m000/s1. The van der Waals surface area contributed by atoms with E-state index < -0.39 is 0 Å². The molecule has 3 atom stereocenters. The summed E-state index contributed by atoms with van der Waals surface area (Å²) in [7, 11) is 1.71. The van der Waals surface area contributed by atoms with Crippen LogP contribution in [0.15, 0.2) is 260 Å². The van der Waals surface area contributed by atoms with Crippen molar-refractivity contribution in [2.24, 2.45) is 13.0 Å². The van der Waals surface area contributed by atoms with Gasteiger partial charge in [-0.05, 0) is 196 Å². The second kappa shape index (κ2) is 33.5. The zero-order chi connectivity index (χ0) is 81.6. The average molecular weight is 1530 g/mol. The summed E-state index contributed by atoms with van der Waals surface area (Å²) in [5.41, 5.74) is 9.91. The molecule has 6 aromatic carbocycles. The maximum absolute atomic E-state index is 14.4. The van der Waals surface area contributed by atoms with Crippen LogP contribution in [0.25, 0.3) is 97.3 Å². The Morgan fingerprint density at radius 3 is 1.09 bits per heavy atom. The van der Waals surface area contributed by atoms with Gasteiger partial charge in [-0.1, -0.05) is 109 Å². The molecule has 116 heavy (non-hydrogen) atoms. The number of aromatic nitrogens is 12. The van der Waals surface area contributed by atoms with Gasteiger partial charge in [-0.15, -0.1) is 0 Å². The van der Waals surface area contributed by atoms with Crippen LogP contribution in [0, 0.1) is 53.3 Å². The summed E-state index contributed by atoms with van der Waals surface area (Å²) in [6.45, 7) is 38.6. The van der Waals surface area contributed by atoms with Gasteiger partial charge in [-0.3, -0.25) is 57.4 Å². The molecule has 16 rings (SSSR count). The Kier molecular flexibility index (Phi) is 22.4. The molecule has 24 heteroatoms. The molecule has 0 aliphatic heterocycles. The zero-order valence-corrected chi connectivity index (χ0v) is 65.2. The lowest BCUT2D eigenvalue weighted by Crippen LogP contribution is -2.26. The number of pyridine rings is 6. The van der Waals surface area contributed by atoms with Gasteiger partial charge >= 0.3 is 0 Å². The van der Waals surface area contributed by atoms with E-state index in [0.29, 0.717) is 92.7 Å². The second-order valence-corrected chi connectivity index (χ2v) is 28.6. The molecule has 24 nitrogen and oxygen atoms in total. The van der Waals surface area contributed by atoms with Crippen molar-refractivity contribution in [1.82, 2.24) is 57.3 Å². The summed E-state index contributed by atoms with van der Waals surface area (Å²) >= 11 is 0. The smallest absolute Gasteiger partial charge is 0.263 e. The van der Waals surface area contributed by atoms with E-state index in [1.807, 2.05) is 204 Å². The van der Waals surface area contributed by atoms with Gasteiger partial charge in [0.1, 0.15) is 34.9 Å². The van der Waals surface area contributed by atoms with E-state index >= 15 is 0 Å². The molecule has 0 saturated heterocycles. The predicted molar refractivity (Wildman–Crippen MR) is 457 cm³/mol. The highest BCUT2D eigenvalue weighted by Crippen LogP contribution is 2.37. The first-order valence-electron chi connectivity index (χ1n) is 37.9. The van der Waals surface area contributed by atoms with Gasteiger partial charge in [0.2, 0.25) is 17.1 Å². The highest BCUT2D eigenvalue weighted by Gasteiger charge is 2.27. The van der Waals surface area contributed by atoms with Gasteiger partial charge in [-0.25, -0.2) is 29.5 Å². The van der Waals surface area contributed by atoms with Crippen LogP contribution in [0.1, 0.15) is 98.8 Å². The van der Waals surface area contributed by atoms with E-state index in [0.717, 1.165) is 96.5 Å². The molecular formula is C92H80N18O6. The van der Waals surface area contributed by atoms with Crippen molar-refractivity contribution < 1.29 is 0 Å². The van der Waals surface area contributed by atoms with Gasteiger partial charge in [-0.2, -0.15) is 0 Å². The molecule has 0 radical (unpaired) electrons. The molecule has 1 fully saturated rings. The molecule has 1 aliphatic carbocycles. The monoisotopic (exact) mass is 1530 g/mol. The Balaban J connectivity index is 0.000000144. The molecule has 0 bridgehead atoms. The number of fused-ring (bicyclic) bond motifs is 3. The number of benzene rings is 6. The molecule has 574 valence electrons. The summed E-state index contributed by atoms with van der Waals surface area (Å²) in [5.74, 6) is 3.45. The topological polar surface area (TPSA) is 259 Å². The lowest BCUT2D eigenvalue weighted by molar-refractivity contribution is 0.607. The third-order valence-corrected chi connectivity index (χ3v) is 20.4. The molecule has 0 amide bonds. The number of nitrogens with zero attached hydrogens (tertiary/aromatic N) is 15. The van der Waals surface area contributed by atoms with E-state index in [-0.39, 0.29) is 51.5 Å². The number of hydrogen-bond acceptors (Lipinski definition) is 15. The van der Waals surface area contributed by atoms with Crippen LogP contribution in [0.4, 0.5) is 34.5 Å². The zero-order valence-electron chi connectivity index (χ0n) is 65.2. The maximum Gasteiger partial charge on any atom is 0.263 e. The molecular weight excluding hydrogens is 1450 g/mol. The predicted octanol–water partition coefficient (Wildman–Crippen LogP) is 17.2. The second-order valence-electron chi connectivity index (χ2n) is 28.6. The number of aryl methyl sites for hydroxylation is 6. The fourth-order valence-corrected chi connectivity index (χ4v) is 14.5. The summed E-state index contributed by atoms with van der Waals surface area (Å²) in [6, 6.07) is 59.1. The Bertz CT molecular complexity index is 6840. The quantitative estimate of drug-likeness (QED) is 0.0675. The fourth-order valence-electron chi connectivity index (χ4n) is 14.5. The van der Waals surface area contributed by atoms with E-state index in [1.165, 1.54) is 29.2 Å². The van der Waals surface area contributed by atoms with Crippen molar-refractivity contribution >= 4 is 66.8 Å². The molecule has 0 spiro atoms. The average Bonchev–Trinajstić information content (AvgIpc) is 0.878. The minimum Gasteiger partial charge on any atom is -0.371 e. The minimum atomic E-state index is -0.370. The van der Waals surface area contributed by atoms with Crippen LogP contribution in [0.3, 0.4) is 0 Å². The third-order valence-electron chi connectivity index (χ3n) is 20.4. The molecule has 15 aromatic rings.